The van der Waals surface area contributed by atoms with Crippen LogP contribution in [0.3, 0.4) is 0 Å². The Morgan fingerprint density at radius 3 is 2.28 bits per heavy atom. The molecule has 4 aliphatic carbocycles. The molecule has 29 heavy (non-hydrogen) atoms. The van der Waals surface area contributed by atoms with Crippen molar-refractivity contribution < 1.29 is 10.2 Å². The maximum absolute atomic E-state index is 10.9. The molecule has 0 aliphatic heterocycles. The van der Waals surface area contributed by atoms with Gasteiger partial charge in [0.25, 0.3) is 0 Å². The van der Waals surface area contributed by atoms with Gasteiger partial charge in [-0.1, -0.05) is 27.7 Å². The Labute approximate surface area is 180 Å². The Morgan fingerprint density at radius 1 is 0.828 bits per heavy atom. The molecule has 10 atom stereocenters. The molecule has 0 aromatic rings. The second-order valence-corrected chi connectivity index (χ2v) is 12.8. The molecule has 0 bridgehead atoms. The van der Waals surface area contributed by atoms with Crippen LogP contribution < -0.4 is 0 Å². The highest BCUT2D eigenvalue weighted by Crippen LogP contribution is 2.65. The SMILES string of the molecule is CC(C)CC[C@@H](O)[C@@H](C)[C@H]1CC[C@H]2[C@@H]3CC[C@H]4C[C@@](C)(O)CC[C@@H]4[C@H]3CC[C@]12C. The number of hydrogen-bond acceptors (Lipinski definition) is 2. The van der Waals surface area contributed by atoms with Crippen molar-refractivity contribution in [2.45, 2.75) is 117 Å². The van der Waals surface area contributed by atoms with Crippen LogP contribution in [-0.2, 0) is 0 Å². The van der Waals surface area contributed by atoms with E-state index in [2.05, 4.69) is 34.6 Å². The van der Waals surface area contributed by atoms with Crippen LogP contribution in [0.25, 0.3) is 0 Å². The zero-order valence-corrected chi connectivity index (χ0v) is 19.9. The predicted octanol–water partition coefficient (Wildman–Crippen LogP) is 6.44. The van der Waals surface area contributed by atoms with Crippen molar-refractivity contribution in [1.29, 1.82) is 0 Å². The van der Waals surface area contributed by atoms with E-state index in [4.69, 9.17) is 0 Å². The number of rotatable bonds is 5. The summed E-state index contributed by atoms with van der Waals surface area (Å²) in [7, 11) is 0. The lowest BCUT2D eigenvalue weighted by Crippen LogP contribution is -2.51. The summed E-state index contributed by atoms with van der Waals surface area (Å²) in [5, 5.41) is 21.5. The molecule has 2 N–H and O–H groups in total. The van der Waals surface area contributed by atoms with E-state index in [0.29, 0.717) is 23.2 Å². The van der Waals surface area contributed by atoms with Crippen molar-refractivity contribution in [2.75, 3.05) is 0 Å². The van der Waals surface area contributed by atoms with Crippen molar-refractivity contribution in [1.82, 2.24) is 0 Å². The molecule has 4 saturated carbocycles. The van der Waals surface area contributed by atoms with Gasteiger partial charge in [0.05, 0.1) is 11.7 Å². The lowest BCUT2D eigenvalue weighted by molar-refractivity contribution is -0.106. The minimum Gasteiger partial charge on any atom is -0.393 e. The van der Waals surface area contributed by atoms with Crippen LogP contribution in [0.1, 0.15) is 105 Å². The fourth-order valence-electron chi connectivity index (χ4n) is 9.02. The summed E-state index contributed by atoms with van der Waals surface area (Å²) >= 11 is 0. The topological polar surface area (TPSA) is 40.5 Å². The third kappa shape index (κ3) is 4.07. The minimum atomic E-state index is -0.406. The van der Waals surface area contributed by atoms with Gasteiger partial charge < -0.3 is 10.2 Å². The predicted molar refractivity (Wildman–Crippen MR) is 120 cm³/mol. The first-order chi connectivity index (χ1) is 13.6. The quantitative estimate of drug-likeness (QED) is 0.553. The van der Waals surface area contributed by atoms with Crippen LogP contribution in [0, 0.1) is 52.8 Å². The minimum absolute atomic E-state index is 0.119. The fraction of sp³-hybridized carbons (Fsp3) is 1.00. The second kappa shape index (κ2) is 8.12. The lowest BCUT2D eigenvalue weighted by atomic mass is 9.48. The second-order valence-electron chi connectivity index (χ2n) is 12.8. The Hall–Kier alpha value is -0.0800. The highest BCUT2D eigenvalue weighted by Gasteiger charge is 2.58. The Morgan fingerprint density at radius 2 is 1.55 bits per heavy atom. The van der Waals surface area contributed by atoms with Crippen molar-refractivity contribution in [3.63, 3.8) is 0 Å². The third-order valence-electron chi connectivity index (χ3n) is 10.6. The molecular formula is C27H48O2. The van der Waals surface area contributed by atoms with Crippen molar-refractivity contribution in [3.05, 3.63) is 0 Å². The maximum Gasteiger partial charge on any atom is 0.0622 e. The number of hydrogen-bond donors (Lipinski definition) is 2. The first kappa shape index (κ1) is 22.1. The normalized spacial score (nSPS) is 49.2. The molecular weight excluding hydrogens is 356 g/mol. The summed E-state index contributed by atoms with van der Waals surface area (Å²) in [5.41, 5.74) is 0.0452. The Kier molecular flexibility index (Phi) is 6.19. The van der Waals surface area contributed by atoms with Crippen molar-refractivity contribution in [2.24, 2.45) is 52.8 Å². The van der Waals surface area contributed by atoms with E-state index < -0.39 is 5.60 Å². The van der Waals surface area contributed by atoms with Gasteiger partial charge in [-0.25, -0.2) is 0 Å². The van der Waals surface area contributed by atoms with Gasteiger partial charge in [-0.05, 0) is 130 Å². The molecule has 4 fully saturated rings. The summed E-state index contributed by atoms with van der Waals surface area (Å²) in [4.78, 5) is 0. The molecule has 0 spiro atoms. The van der Waals surface area contributed by atoms with Gasteiger partial charge in [-0.2, -0.15) is 0 Å². The molecule has 2 heteroatoms. The van der Waals surface area contributed by atoms with Crippen LogP contribution >= 0.6 is 0 Å². The third-order valence-corrected chi connectivity index (χ3v) is 10.6. The van der Waals surface area contributed by atoms with E-state index in [0.717, 1.165) is 55.3 Å². The van der Waals surface area contributed by atoms with Gasteiger partial charge in [0.15, 0.2) is 0 Å². The van der Waals surface area contributed by atoms with Crippen LogP contribution in [0.5, 0.6) is 0 Å². The van der Waals surface area contributed by atoms with Gasteiger partial charge >= 0.3 is 0 Å². The smallest absolute Gasteiger partial charge is 0.0622 e. The maximum atomic E-state index is 10.9. The highest BCUT2D eigenvalue weighted by molar-refractivity contribution is 5.07. The Bertz CT molecular complexity index is 569. The molecule has 0 amide bonds. The summed E-state index contributed by atoms with van der Waals surface area (Å²) < 4.78 is 0. The average Bonchev–Trinajstić information content (AvgIpc) is 3.01. The molecule has 4 aliphatic rings. The fourth-order valence-corrected chi connectivity index (χ4v) is 9.02. The van der Waals surface area contributed by atoms with Gasteiger partial charge in [0, 0.05) is 0 Å². The lowest BCUT2D eigenvalue weighted by Gasteiger charge is -2.57. The van der Waals surface area contributed by atoms with E-state index in [1.807, 2.05) is 0 Å². The van der Waals surface area contributed by atoms with E-state index in [1.54, 1.807) is 0 Å². The molecule has 168 valence electrons. The van der Waals surface area contributed by atoms with Gasteiger partial charge in [0.2, 0.25) is 0 Å². The van der Waals surface area contributed by atoms with Gasteiger partial charge in [0.1, 0.15) is 0 Å². The summed E-state index contributed by atoms with van der Waals surface area (Å²) in [6.45, 7) is 11.6. The standard InChI is InChI=1S/C27H48O2/c1-17(2)6-11-25(28)18(3)23-9-10-24-22-8-7-19-16-26(4,29)14-12-20(19)21(22)13-15-27(23,24)5/h17-25,28-29H,6-16H2,1-5H3/t18-,19-,20-,21+,22+,23+,24-,25+,26-,27+/m0/s1. The Balaban J connectivity index is 1.45. The van der Waals surface area contributed by atoms with Crippen LogP contribution in [0.4, 0.5) is 0 Å². The molecule has 0 heterocycles. The number of aliphatic hydroxyl groups excluding tert-OH is 1. The summed E-state index contributed by atoms with van der Waals surface area (Å²) in [6, 6.07) is 0. The molecule has 0 aromatic carbocycles. The summed E-state index contributed by atoms with van der Waals surface area (Å²) in [6.07, 6.45) is 13.6. The summed E-state index contributed by atoms with van der Waals surface area (Å²) in [5.74, 6) is 6.22. The van der Waals surface area contributed by atoms with E-state index in [-0.39, 0.29) is 6.10 Å². The number of fused-ring (bicyclic) bond motifs is 5. The molecule has 0 aromatic heterocycles. The van der Waals surface area contributed by atoms with E-state index in [9.17, 15) is 10.2 Å². The largest absolute Gasteiger partial charge is 0.393 e. The highest BCUT2D eigenvalue weighted by atomic mass is 16.3. The first-order valence-electron chi connectivity index (χ1n) is 13.0. The van der Waals surface area contributed by atoms with Crippen LogP contribution in [0.2, 0.25) is 0 Å². The number of aliphatic hydroxyl groups is 2. The molecule has 0 unspecified atom stereocenters. The van der Waals surface area contributed by atoms with Crippen molar-refractivity contribution >= 4 is 0 Å². The van der Waals surface area contributed by atoms with Crippen LogP contribution in [0.15, 0.2) is 0 Å². The molecule has 0 radical (unpaired) electrons. The average molecular weight is 405 g/mol. The van der Waals surface area contributed by atoms with Gasteiger partial charge in [-0.15, -0.1) is 0 Å². The van der Waals surface area contributed by atoms with E-state index in [1.165, 1.54) is 44.9 Å². The van der Waals surface area contributed by atoms with Crippen molar-refractivity contribution in [3.8, 4) is 0 Å². The molecule has 4 rings (SSSR count). The zero-order valence-electron chi connectivity index (χ0n) is 19.9. The zero-order chi connectivity index (χ0) is 21.0. The first-order valence-corrected chi connectivity index (χ1v) is 13.0. The monoisotopic (exact) mass is 404 g/mol. The van der Waals surface area contributed by atoms with Gasteiger partial charge in [-0.3, -0.25) is 0 Å². The van der Waals surface area contributed by atoms with Crippen LogP contribution in [-0.4, -0.2) is 21.9 Å². The molecule has 0 saturated heterocycles. The molecule has 2 nitrogen and oxygen atoms in total. The van der Waals surface area contributed by atoms with E-state index >= 15 is 0 Å².